The Bertz CT molecular complexity index is 1200. The monoisotopic (exact) mass is 465 g/mol. The molecule has 178 valence electrons. The number of carbonyl (C=O) groups excluding carboxylic acids is 3. The Labute approximate surface area is 197 Å². The standard InChI is InChI=1S/C26H28FN3O4/c1-15(2)13-23(30-24(31)19-8-6-5-7-16(19)3)26(33)28-18-9-10-21(27)22(14-18)29-25(32)20-11-12-34-17(20)4/h5-12,14-15,23H,13H2,1-4H3,(H,28,33)(H,29,32)(H,30,31). The smallest absolute Gasteiger partial charge is 0.259 e. The van der Waals surface area contributed by atoms with Crippen LogP contribution in [0.3, 0.4) is 0 Å². The Morgan fingerprint density at radius 1 is 0.941 bits per heavy atom. The van der Waals surface area contributed by atoms with E-state index in [2.05, 4.69) is 16.0 Å². The van der Waals surface area contributed by atoms with E-state index in [0.717, 1.165) is 11.6 Å². The van der Waals surface area contributed by atoms with E-state index in [1.54, 1.807) is 19.1 Å². The highest BCUT2D eigenvalue weighted by atomic mass is 19.1. The molecule has 0 saturated carbocycles. The molecule has 3 rings (SSSR count). The second-order valence-corrected chi connectivity index (χ2v) is 8.50. The normalized spacial score (nSPS) is 11.7. The SMILES string of the molecule is Cc1ccccc1C(=O)NC(CC(C)C)C(=O)Nc1ccc(F)c(NC(=O)c2ccoc2C)c1. The minimum Gasteiger partial charge on any atom is -0.469 e. The van der Waals surface area contributed by atoms with E-state index in [1.807, 2.05) is 32.9 Å². The van der Waals surface area contributed by atoms with Gasteiger partial charge in [0.2, 0.25) is 5.91 Å². The fourth-order valence-corrected chi connectivity index (χ4v) is 3.50. The van der Waals surface area contributed by atoms with E-state index in [9.17, 15) is 18.8 Å². The first kappa shape index (κ1) is 24.7. The third kappa shape index (κ3) is 6.10. The highest BCUT2D eigenvalue weighted by Crippen LogP contribution is 2.22. The van der Waals surface area contributed by atoms with Gasteiger partial charge in [-0.15, -0.1) is 0 Å². The van der Waals surface area contributed by atoms with Gasteiger partial charge in [-0.25, -0.2) is 4.39 Å². The molecule has 3 aromatic rings. The number of rotatable bonds is 8. The van der Waals surface area contributed by atoms with Crippen molar-refractivity contribution in [3.8, 4) is 0 Å². The summed E-state index contributed by atoms with van der Waals surface area (Å²) in [6.45, 7) is 7.35. The summed E-state index contributed by atoms with van der Waals surface area (Å²) in [4.78, 5) is 38.2. The third-order valence-corrected chi connectivity index (χ3v) is 5.30. The molecule has 1 aromatic heterocycles. The molecule has 0 bridgehead atoms. The van der Waals surface area contributed by atoms with Crippen LogP contribution in [-0.4, -0.2) is 23.8 Å². The summed E-state index contributed by atoms with van der Waals surface area (Å²) in [5.41, 5.74) is 1.77. The zero-order valence-electron chi connectivity index (χ0n) is 19.6. The van der Waals surface area contributed by atoms with Gasteiger partial charge >= 0.3 is 0 Å². The van der Waals surface area contributed by atoms with E-state index in [-0.39, 0.29) is 28.8 Å². The number of hydrogen-bond acceptors (Lipinski definition) is 4. The van der Waals surface area contributed by atoms with Gasteiger partial charge in [-0.3, -0.25) is 14.4 Å². The number of hydrogen-bond donors (Lipinski definition) is 3. The van der Waals surface area contributed by atoms with Gasteiger partial charge in [0, 0.05) is 11.3 Å². The maximum Gasteiger partial charge on any atom is 0.259 e. The van der Waals surface area contributed by atoms with Gasteiger partial charge in [-0.2, -0.15) is 0 Å². The first-order chi connectivity index (χ1) is 16.2. The number of carbonyl (C=O) groups is 3. The topological polar surface area (TPSA) is 100 Å². The zero-order valence-corrected chi connectivity index (χ0v) is 19.6. The van der Waals surface area contributed by atoms with Crippen LogP contribution in [0.4, 0.5) is 15.8 Å². The largest absolute Gasteiger partial charge is 0.469 e. The lowest BCUT2D eigenvalue weighted by Crippen LogP contribution is -2.44. The van der Waals surface area contributed by atoms with Crippen LogP contribution in [0.2, 0.25) is 0 Å². The van der Waals surface area contributed by atoms with Gasteiger partial charge in [0.15, 0.2) is 0 Å². The van der Waals surface area contributed by atoms with Crippen molar-refractivity contribution in [2.45, 2.75) is 40.2 Å². The Morgan fingerprint density at radius 2 is 1.68 bits per heavy atom. The molecular formula is C26H28FN3O4. The highest BCUT2D eigenvalue weighted by molar-refractivity contribution is 6.06. The molecule has 0 fully saturated rings. The van der Waals surface area contributed by atoms with Crippen molar-refractivity contribution in [2.75, 3.05) is 10.6 Å². The van der Waals surface area contributed by atoms with Crippen LogP contribution in [0, 0.1) is 25.6 Å². The van der Waals surface area contributed by atoms with E-state index >= 15 is 0 Å². The molecular weight excluding hydrogens is 437 g/mol. The first-order valence-electron chi connectivity index (χ1n) is 11.0. The Morgan fingerprint density at radius 3 is 2.32 bits per heavy atom. The van der Waals surface area contributed by atoms with Gasteiger partial charge in [-0.05, 0) is 62.1 Å². The van der Waals surface area contributed by atoms with Crippen molar-refractivity contribution < 1.29 is 23.2 Å². The number of furan rings is 1. The average molecular weight is 466 g/mol. The highest BCUT2D eigenvalue weighted by Gasteiger charge is 2.24. The molecule has 3 N–H and O–H groups in total. The van der Waals surface area contributed by atoms with E-state index in [4.69, 9.17) is 4.42 Å². The summed E-state index contributed by atoms with van der Waals surface area (Å²) in [7, 11) is 0. The second kappa shape index (κ2) is 10.8. The lowest BCUT2D eigenvalue weighted by atomic mass is 10.0. The number of amides is 3. The zero-order chi connectivity index (χ0) is 24.8. The summed E-state index contributed by atoms with van der Waals surface area (Å²) in [6.07, 6.45) is 1.78. The number of halogens is 1. The molecule has 8 heteroatoms. The van der Waals surface area contributed by atoms with Crippen LogP contribution in [0.25, 0.3) is 0 Å². The third-order valence-electron chi connectivity index (χ3n) is 5.30. The maximum atomic E-state index is 14.3. The average Bonchev–Trinajstić information content (AvgIpc) is 3.21. The van der Waals surface area contributed by atoms with Crippen LogP contribution < -0.4 is 16.0 Å². The van der Waals surface area contributed by atoms with Crippen LogP contribution in [0.1, 0.15) is 52.3 Å². The molecule has 0 radical (unpaired) electrons. The van der Waals surface area contributed by atoms with Crippen LogP contribution in [-0.2, 0) is 4.79 Å². The van der Waals surface area contributed by atoms with Crippen molar-refractivity contribution in [3.05, 3.63) is 83.1 Å². The van der Waals surface area contributed by atoms with Gasteiger partial charge in [0.1, 0.15) is 17.6 Å². The van der Waals surface area contributed by atoms with E-state index < -0.39 is 23.7 Å². The summed E-state index contributed by atoms with van der Waals surface area (Å²) >= 11 is 0. The number of aryl methyl sites for hydroxylation is 2. The van der Waals surface area contributed by atoms with E-state index in [0.29, 0.717) is 17.7 Å². The molecule has 7 nitrogen and oxygen atoms in total. The van der Waals surface area contributed by atoms with Crippen molar-refractivity contribution in [1.82, 2.24) is 5.32 Å². The van der Waals surface area contributed by atoms with Gasteiger partial charge in [0.25, 0.3) is 11.8 Å². The molecule has 0 aliphatic carbocycles. The summed E-state index contributed by atoms with van der Waals surface area (Å²) in [5.74, 6) is -1.43. The molecule has 2 aromatic carbocycles. The predicted molar refractivity (Wildman–Crippen MR) is 128 cm³/mol. The molecule has 1 heterocycles. The molecule has 0 aliphatic heterocycles. The van der Waals surface area contributed by atoms with Crippen LogP contribution >= 0.6 is 0 Å². The molecule has 3 amide bonds. The van der Waals surface area contributed by atoms with Crippen molar-refractivity contribution in [1.29, 1.82) is 0 Å². The van der Waals surface area contributed by atoms with Crippen LogP contribution in [0.5, 0.6) is 0 Å². The predicted octanol–water partition coefficient (Wildman–Crippen LogP) is 5.07. The summed E-state index contributed by atoms with van der Waals surface area (Å²) in [5, 5.41) is 8.01. The minimum atomic E-state index is -0.802. The Kier molecular flexibility index (Phi) is 7.83. The molecule has 0 spiro atoms. The second-order valence-electron chi connectivity index (χ2n) is 8.50. The van der Waals surface area contributed by atoms with Crippen LogP contribution in [0.15, 0.2) is 59.2 Å². The van der Waals surface area contributed by atoms with E-state index in [1.165, 1.54) is 24.5 Å². The first-order valence-corrected chi connectivity index (χ1v) is 11.0. The number of benzene rings is 2. The molecule has 1 unspecified atom stereocenters. The molecule has 1 atom stereocenters. The molecule has 34 heavy (non-hydrogen) atoms. The Balaban J connectivity index is 1.75. The van der Waals surface area contributed by atoms with Crippen molar-refractivity contribution >= 4 is 29.1 Å². The number of anilines is 2. The fraction of sp³-hybridized carbons (Fsp3) is 0.269. The maximum absolute atomic E-state index is 14.3. The number of nitrogens with one attached hydrogen (secondary N) is 3. The summed E-state index contributed by atoms with van der Waals surface area (Å²) < 4.78 is 19.4. The summed E-state index contributed by atoms with van der Waals surface area (Å²) in [6, 6.07) is 11.7. The lowest BCUT2D eigenvalue weighted by molar-refractivity contribution is -0.118. The lowest BCUT2D eigenvalue weighted by Gasteiger charge is -2.21. The fourth-order valence-electron chi connectivity index (χ4n) is 3.50. The van der Waals surface area contributed by atoms with Gasteiger partial charge in [0.05, 0.1) is 17.5 Å². The van der Waals surface area contributed by atoms with Crippen molar-refractivity contribution in [2.24, 2.45) is 5.92 Å². The quantitative estimate of drug-likeness (QED) is 0.432. The molecule has 0 aliphatic rings. The Hall–Kier alpha value is -3.94. The minimum absolute atomic E-state index is 0.0900. The van der Waals surface area contributed by atoms with Crippen molar-refractivity contribution in [3.63, 3.8) is 0 Å². The van der Waals surface area contributed by atoms with Gasteiger partial charge in [-0.1, -0.05) is 32.0 Å². The van der Waals surface area contributed by atoms with Gasteiger partial charge < -0.3 is 20.4 Å². The molecule has 0 saturated heterocycles.